The Kier molecular flexibility index (Phi) is 4.27. The smallest absolute Gasteiger partial charge is 0.420 e. The van der Waals surface area contributed by atoms with Gasteiger partial charge in [-0.3, -0.25) is 9.36 Å². The van der Waals surface area contributed by atoms with Crippen molar-refractivity contribution in [3.05, 3.63) is 71.2 Å². The first-order valence-electron chi connectivity index (χ1n) is 9.56. The van der Waals surface area contributed by atoms with Crippen LogP contribution in [0, 0.1) is 0 Å². The number of aromatic nitrogens is 2. The van der Waals surface area contributed by atoms with Gasteiger partial charge in [-0.25, -0.2) is 9.78 Å². The van der Waals surface area contributed by atoms with E-state index in [4.69, 9.17) is 9.15 Å². The highest BCUT2D eigenvalue weighted by atomic mass is 16.5. The number of likely N-dealkylation sites (tertiary alicyclic amines) is 1. The average Bonchev–Trinajstić information content (AvgIpc) is 3.32. The largest absolute Gasteiger partial charge is 0.472 e. The zero-order valence-electron chi connectivity index (χ0n) is 15.7. The van der Waals surface area contributed by atoms with E-state index < -0.39 is 5.76 Å². The van der Waals surface area contributed by atoms with E-state index in [1.54, 1.807) is 23.1 Å². The van der Waals surface area contributed by atoms with Crippen LogP contribution in [-0.2, 0) is 11.3 Å². The van der Waals surface area contributed by atoms with Crippen LogP contribution in [0.15, 0.2) is 69.9 Å². The third kappa shape index (κ3) is 3.35. The van der Waals surface area contributed by atoms with Crippen molar-refractivity contribution in [2.75, 3.05) is 13.1 Å². The molecule has 0 radical (unpaired) electrons. The van der Waals surface area contributed by atoms with Crippen LogP contribution in [0.5, 0.6) is 5.88 Å². The Bertz CT molecular complexity index is 1260. The number of pyridine rings is 1. The van der Waals surface area contributed by atoms with Crippen molar-refractivity contribution in [1.29, 1.82) is 0 Å². The summed E-state index contributed by atoms with van der Waals surface area (Å²) in [5.74, 6) is -0.0943. The second-order valence-corrected chi connectivity index (χ2v) is 7.13. The zero-order chi connectivity index (χ0) is 19.8. The molecule has 1 aliphatic rings. The number of para-hydroxylation sites is 3. The van der Waals surface area contributed by atoms with Gasteiger partial charge in [-0.05, 0) is 24.3 Å². The van der Waals surface area contributed by atoms with Gasteiger partial charge in [0.2, 0.25) is 11.8 Å². The lowest BCUT2D eigenvalue weighted by Crippen LogP contribution is -2.35. The standard InChI is InChI=1S/C22H19N3O4/c26-21(14-25-18-7-3-4-8-19(18)29-22(25)27)24-12-11-16(13-24)28-20-10-9-15-5-1-2-6-17(15)23-20/h1-10,16H,11-14H2. The summed E-state index contributed by atoms with van der Waals surface area (Å²) in [7, 11) is 0. The highest BCUT2D eigenvalue weighted by molar-refractivity contribution is 5.80. The summed E-state index contributed by atoms with van der Waals surface area (Å²) < 4.78 is 12.6. The number of carbonyl (C=O) groups excluding carboxylic acids is 1. The van der Waals surface area contributed by atoms with Gasteiger partial charge < -0.3 is 14.1 Å². The number of carbonyl (C=O) groups is 1. The Labute approximate surface area is 166 Å². The second kappa shape index (κ2) is 7.09. The number of oxazole rings is 1. The van der Waals surface area contributed by atoms with Crippen LogP contribution in [0.2, 0.25) is 0 Å². The molecule has 1 aliphatic heterocycles. The van der Waals surface area contributed by atoms with Crippen molar-refractivity contribution >= 4 is 27.9 Å². The third-order valence-electron chi connectivity index (χ3n) is 5.23. The van der Waals surface area contributed by atoms with E-state index in [-0.39, 0.29) is 18.6 Å². The van der Waals surface area contributed by atoms with Gasteiger partial charge >= 0.3 is 5.76 Å². The SMILES string of the molecule is O=C(Cn1c(=O)oc2ccccc21)N1CCC(Oc2ccc3ccccc3n2)C1. The minimum Gasteiger partial charge on any atom is -0.472 e. The molecular weight excluding hydrogens is 370 g/mol. The van der Waals surface area contributed by atoms with E-state index in [0.29, 0.717) is 30.1 Å². The highest BCUT2D eigenvalue weighted by Gasteiger charge is 2.28. The fourth-order valence-electron chi connectivity index (χ4n) is 3.73. The molecule has 7 heteroatoms. The van der Waals surface area contributed by atoms with Crippen molar-refractivity contribution in [1.82, 2.24) is 14.5 Å². The van der Waals surface area contributed by atoms with E-state index in [0.717, 1.165) is 17.3 Å². The molecule has 0 spiro atoms. The van der Waals surface area contributed by atoms with Gasteiger partial charge in [0.05, 0.1) is 17.6 Å². The van der Waals surface area contributed by atoms with Gasteiger partial charge in [0.25, 0.3) is 0 Å². The number of hydrogen-bond donors (Lipinski definition) is 0. The molecule has 1 amide bonds. The van der Waals surface area contributed by atoms with E-state index in [1.165, 1.54) is 4.57 Å². The summed E-state index contributed by atoms with van der Waals surface area (Å²) in [4.78, 5) is 31.1. The first-order chi connectivity index (χ1) is 14.2. The third-order valence-corrected chi connectivity index (χ3v) is 5.23. The van der Waals surface area contributed by atoms with E-state index in [9.17, 15) is 9.59 Å². The molecule has 2 aromatic carbocycles. The average molecular weight is 389 g/mol. The number of nitrogens with zero attached hydrogens (tertiary/aromatic N) is 3. The van der Waals surface area contributed by atoms with Crippen LogP contribution in [0.25, 0.3) is 22.0 Å². The lowest BCUT2D eigenvalue weighted by Gasteiger charge is -2.17. The molecule has 0 aliphatic carbocycles. The van der Waals surface area contributed by atoms with Crippen molar-refractivity contribution in [3.8, 4) is 5.88 Å². The summed E-state index contributed by atoms with van der Waals surface area (Å²) in [6.45, 7) is 1.01. The summed E-state index contributed by atoms with van der Waals surface area (Å²) in [5.41, 5.74) is 1.98. The van der Waals surface area contributed by atoms with E-state index in [2.05, 4.69) is 4.98 Å². The quantitative estimate of drug-likeness (QED) is 0.536. The van der Waals surface area contributed by atoms with E-state index in [1.807, 2.05) is 42.5 Å². The zero-order valence-corrected chi connectivity index (χ0v) is 15.7. The first-order valence-corrected chi connectivity index (χ1v) is 9.56. The van der Waals surface area contributed by atoms with Crippen LogP contribution in [0.1, 0.15) is 6.42 Å². The predicted molar refractivity (Wildman–Crippen MR) is 108 cm³/mol. The molecule has 2 aromatic heterocycles. The monoisotopic (exact) mass is 389 g/mol. The van der Waals surface area contributed by atoms with E-state index >= 15 is 0 Å². The molecule has 7 nitrogen and oxygen atoms in total. The summed E-state index contributed by atoms with van der Waals surface area (Å²) in [6.07, 6.45) is 0.604. The van der Waals surface area contributed by atoms with Gasteiger partial charge in [-0.2, -0.15) is 0 Å². The maximum Gasteiger partial charge on any atom is 0.420 e. The van der Waals surface area contributed by atoms with Gasteiger partial charge in [0.1, 0.15) is 12.6 Å². The molecule has 0 N–H and O–H groups in total. The first kappa shape index (κ1) is 17.5. The van der Waals surface area contributed by atoms with Crippen molar-refractivity contribution < 1.29 is 13.9 Å². The maximum absolute atomic E-state index is 12.7. The van der Waals surface area contributed by atoms with Crippen molar-refractivity contribution in [2.24, 2.45) is 0 Å². The van der Waals surface area contributed by atoms with Gasteiger partial charge in [0.15, 0.2) is 5.58 Å². The number of hydrogen-bond acceptors (Lipinski definition) is 5. The van der Waals surface area contributed by atoms with Crippen molar-refractivity contribution in [3.63, 3.8) is 0 Å². The Morgan fingerprint density at radius 3 is 2.86 bits per heavy atom. The topological polar surface area (TPSA) is 77.6 Å². The molecule has 146 valence electrons. The minimum atomic E-state index is -0.521. The number of amides is 1. The van der Waals surface area contributed by atoms with Crippen LogP contribution in [0.4, 0.5) is 0 Å². The Hall–Kier alpha value is -3.61. The van der Waals surface area contributed by atoms with Crippen LogP contribution in [0.3, 0.4) is 0 Å². The Morgan fingerprint density at radius 2 is 1.93 bits per heavy atom. The molecule has 1 unspecified atom stereocenters. The molecule has 1 fully saturated rings. The molecule has 1 saturated heterocycles. The Morgan fingerprint density at radius 1 is 1.10 bits per heavy atom. The maximum atomic E-state index is 12.7. The summed E-state index contributed by atoms with van der Waals surface area (Å²) in [5, 5.41) is 1.06. The minimum absolute atomic E-state index is 0.0448. The number of rotatable bonds is 4. The number of fused-ring (bicyclic) bond motifs is 2. The normalized spacial score (nSPS) is 16.6. The second-order valence-electron chi connectivity index (χ2n) is 7.13. The van der Waals surface area contributed by atoms with Crippen LogP contribution in [-0.4, -0.2) is 39.6 Å². The highest BCUT2D eigenvalue weighted by Crippen LogP contribution is 2.21. The number of ether oxygens (including phenoxy) is 1. The molecule has 4 aromatic rings. The van der Waals surface area contributed by atoms with Gasteiger partial charge in [0, 0.05) is 24.4 Å². The predicted octanol–water partition coefficient (Wildman–Crippen LogP) is 2.82. The molecule has 0 bridgehead atoms. The summed E-state index contributed by atoms with van der Waals surface area (Å²) >= 11 is 0. The molecule has 1 atom stereocenters. The van der Waals surface area contributed by atoms with Crippen LogP contribution < -0.4 is 10.5 Å². The van der Waals surface area contributed by atoms with Gasteiger partial charge in [-0.15, -0.1) is 0 Å². The van der Waals surface area contributed by atoms with Gasteiger partial charge in [-0.1, -0.05) is 30.3 Å². The molecule has 5 rings (SSSR count). The molecular formula is C22H19N3O4. The van der Waals surface area contributed by atoms with Crippen molar-refractivity contribution in [2.45, 2.75) is 19.1 Å². The molecule has 29 heavy (non-hydrogen) atoms. The molecule has 0 saturated carbocycles. The number of benzene rings is 2. The lowest BCUT2D eigenvalue weighted by molar-refractivity contribution is -0.131. The lowest BCUT2D eigenvalue weighted by atomic mass is 10.2. The summed E-state index contributed by atoms with van der Waals surface area (Å²) in [6, 6.07) is 18.8. The fourth-order valence-corrected chi connectivity index (χ4v) is 3.73. The Balaban J connectivity index is 1.26. The molecule has 3 heterocycles. The fraction of sp³-hybridized carbons (Fsp3) is 0.227. The van der Waals surface area contributed by atoms with Crippen LogP contribution >= 0.6 is 0 Å².